The van der Waals surface area contributed by atoms with Crippen LogP contribution in [0.2, 0.25) is 5.02 Å². The Morgan fingerprint density at radius 2 is 1.71 bits per heavy atom. The summed E-state index contributed by atoms with van der Waals surface area (Å²) < 4.78 is 12.1. The van der Waals surface area contributed by atoms with Gasteiger partial charge >= 0.3 is 0 Å². The molecule has 268 valence electrons. The molecule has 0 bridgehead atoms. The van der Waals surface area contributed by atoms with E-state index in [1.54, 1.807) is 60.5 Å². The predicted molar refractivity (Wildman–Crippen MR) is 200 cm³/mol. The molecular formula is C41H42ClN5O5. The highest BCUT2D eigenvalue weighted by atomic mass is 35.5. The highest BCUT2D eigenvalue weighted by Gasteiger charge is 2.43. The summed E-state index contributed by atoms with van der Waals surface area (Å²) in [5.41, 5.74) is 10.0. The second kappa shape index (κ2) is 16.9. The number of oxazole rings is 1. The zero-order chi connectivity index (χ0) is 36.6. The zero-order valence-corrected chi connectivity index (χ0v) is 29.7. The van der Waals surface area contributed by atoms with Crippen LogP contribution in [-0.2, 0) is 33.8 Å². The van der Waals surface area contributed by atoms with E-state index in [9.17, 15) is 14.4 Å². The van der Waals surface area contributed by atoms with Gasteiger partial charge in [-0.25, -0.2) is 4.98 Å². The van der Waals surface area contributed by atoms with Gasteiger partial charge < -0.3 is 25.1 Å². The maximum atomic E-state index is 14.4. The summed E-state index contributed by atoms with van der Waals surface area (Å²) in [6.45, 7) is 0.524. The maximum Gasteiger partial charge on any atom is 0.264 e. The molecule has 6 rings (SSSR count). The van der Waals surface area contributed by atoms with Crippen LogP contribution >= 0.6 is 11.6 Å². The first-order chi connectivity index (χ1) is 25.2. The van der Waals surface area contributed by atoms with Crippen LogP contribution in [0.5, 0.6) is 0 Å². The molecule has 0 aliphatic carbocycles. The third kappa shape index (κ3) is 9.00. The molecule has 5 aromatic rings. The lowest BCUT2D eigenvalue weighted by Gasteiger charge is -2.28. The first kappa shape index (κ1) is 36.6. The number of ketones is 2. The summed E-state index contributed by atoms with van der Waals surface area (Å²) in [6, 6.07) is 30.1. The van der Waals surface area contributed by atoms with Crippen LogP contribution in [0.3, 0.4) is 0 Å². The third-order valence-corrected chi connectivity index (χ3v) is 9.82. The number of ether oxygens (including phenoxy) is 1. The van der Waals surface area contributed by atoms with E-state index in [1.165, 1.54) is 0 Å². The van der Waals surface area contributed by atoms with Gasteiger partial charge in [0, 0.05) is 35.9 Å². The second-order valence-corrected chi connectivity index (χ2v) is 13.6. The number of Topliss-reactive ketones (excluding diaryl/α,β-unsaturated/α-hetero) is 2. The van der Waals surface area contributed by atoms with Crippen LogP contribution in [0.1, 0.15) is 52.2 Å². The van der Waals surface area contributed by atoms with Gasteiger partial charge in [-0.3, -0.25) is 19.8 Å². The number of benzene rings is 4. The first-order valence-electron chi connectivity index (χ1n) is 17.4. The fourth-order valence-corrected chi connectivity index (χ4v) is 6.87. The Bertz CT molecular complexity index is 2000. The monoisotopic (exact) mass is 719 g/mol. The third-order valence-electron chi connectivity index (χ3n) is 9.57. The van der Waals surface area contributed by atoms with Crippen molar-refractivity contribution in [2.45, 2.75) is 56.9 Å². The van der Waals surface area contributed by atoms with Crippen LogP contribution in [0.4, 0.5) is 0 Å². The number of carbonyl (C=O) groups is 3. The van der Waals surface area contributed by atoms with Gasteiger partial charge in [0.25, 0.3) is 5.89 Å². The van der Waals surface area contributed by atoms with Crippen LogP contribution in [0, 0.1) is 11.3 Å². The van der Waals surface area contributed by atoms with Crippen LogP contribution in [0.25, 0.3) is 11.1 Å². The smallest absolute Gasteiger partial charge is 0.264 e. The lowest BCUT2D eigenvalue weighted by atomic mass is 9.87. The average Bonchev–Trinajstić information content (AvgIpc) is 3.80. The molecule has 1 fully saturated rings. The number of hydrogen-bond acceptors (Lipinski definition) is 8. The van der Waals surface area contributed by atoms with Crippen molar-refractivity contribution < 1.29 is 23.5 Å². The van der Waals surface area contributed by atoms with Gasteiger partial charge in [0.05, 0.1) is 24.8 Å². The van der Waals surface area contributed by atoms with Crippen molar-refractivity contribution in [3.63, 3.8) is 0 Å². The minimum absolute atomic E-state index is 0.0820. The number of nitrogens with zero attached hydrogens (tertiary/aromatic N) is 2. The number of rotatable bonds is 16. The first-order valence-corrected chi connectivity index (χ1v) is 17.8. The Morgan fingerprint density at radius 3 is 2.44 bits per heavy atom. The van der Waals surface area contributed by atoms with Crippen molar-refractivity contribution in [2.75, 3.05) is 13.6 Å². The number of amidine groups is 1. The molecule has 1 amide bonds. The Kier molecular flexibility index (Phi) is 11.9. The average molecular weight is 720 g/mol. The van der Waals surface area contributed by atoms with Crippen molar-refractivity contribution in [3.8, 4) is 0 Å². The van der Waals surface area contributed by atoms with Gasteiger partial charge in [-0.2, -0.15) is 0 Å². The normalized spacial score (nSPS) is 16.8. The van der Waals surface area contributed by atoms with E-state index in [-0.39, 0.29) is 49.2 Å². The number of carbonyl (C=O) groups excluding carboxylic acids is 3. The number of likely N-dealkylation sites (N-methyl/N-ethyl adjacent to an activating group) is 1. The Balaban J connectivity index is 1.26. The molecule has 4 N–H and O–H groups in total. The number of halogens is 1. The highest BCUT2D eigenvalue weighted by molar-refractivity contribution is 6.30. The van der Waals surface area contributed by atoms with Gasteiger partial charge in [-0.05, 0) is 73.3 Å². The summed E-state index contributed by atoms with van der Waals surface area (Å²) >= 11 is 6.07. The van der Waals surface area contributed by atoms with Crippen molar-refractivity contribution in [1.82, 2.24) is 15.2 Å². The number of amides is 1. The molecule has 1 aliphatic heterocycles. The molecule has 0 unspecified atom stereocenters. The molecule has 1 aliphatic rings. The number of aryl methyl sites for hydroxylation is 1. The minimum atomic E-state index is -0.855. The largest absolute Gasteiger partial charge is 0.434 e. The molecule has 52 heavy (non-hydrogen) atoms. The molecule has 1 aromatic heterocycles. The van der Waals surface area contributed by atoms with Crippen molar-refractivity contribution >= 4 is 46.0 Å². The SMILES string of the molecule is CN[C@H](CCc1ccccc1)C(=O)N1C[C@H](OCc2ccc(Cl)cc2)C[C@H]1C(=O)C[C@@H](Cc1cccc(C(=N)N)c1)C(=O)c1nc2ccccc2o1. The summed E-state index contributed by atoms with van der Waals surface area (Å²) in [6.07, 6.45) is 1.13. The summed E-state index contributed by atoms with van der Waals surface area (Å²) in [7, 11) is 1.75. The molecule has 0 spiro atoms. The predicted octanol–water partition coefficient (Wildman–Crippen LogP) is 6.17. The molecule has 2 heterocycles. The lowest BCUT2D eigenvalue weighted by molar-refractivity contribution is -0.139. The minimum Gasteiger partial charge on any atom is -0.434 e. The van der Waals surface area contributed by atoms with Crippen molar-refractivity contribution in [1.29, 1.82) is 5.41 Å². The zero-order valence-electron chi connectivity index (χ0n) is 29.0. The van der Waals surface area contributed by atoms with E-state index in [0.717, 1.165) is 16.7 Å². The molecule has 0 radical (unpaired) electrons. The number of fused-ring (bicyclic) bond motifs is 1. The molecule has 10 nitrogen and oxygen atoms in total. The highest BCUT2D eigenvalue weighted by Crippen LogP contribution is 2.29. The van der Waals surface area contributed by atoms with E-state index in [2.05, 4.69) is 10.3 Å². The van der Waals surface area contributed by atoms with Gasteiger partial charge in [-0.1, -0.05) is 84.4 Å². The number of para-hydroxylation sites is 2. The summed E-state index contributed by atoms with van der Waals surface area (Å²) in [4.78, 5) is 48.9. The van der Waals surface area contributed by atoms with E-state index < -0.39 is 29.9 Å². The topological polar surface area (TPSA) is 152 Å². The van der Waals surface area contributed by atoms with Crippen LogP contribution in [-0.4, -0.2) is 65.0 Å². The Morgan fingerprint density at radius 1 is 0.981 bits per heavy atom. The van der Waals surface area contributed by atoms with Crippen LogP contribution in [0.15, 0.2) is 108 Å². The number of hydrogen-bond donors (Lipinski definition) is 3. The second-order valence-electron chi connectivity index (χ2n) is 13.2. The Hall–Kier alpha value is -5.16. The number of aromatic nitrogens is 1. The standard InChI is InChI=1S/C41H42ClN5O5/c1-45-34(19-16-26-8-3-2-4-9-26)41(50)47-24-32(51-25-27-14-17-31(42)18-15-27)23-35(47)36(48)22-30(21-28-10-7-11-29(20-28)39(43)44)38(49)40-46-33-12-5-6-13-37(33)52-40/h2-15,17-18,20,30,32,34-35,45H,16,19,21-25H2,1H3,(H3,43,44)/t30-,32-,34-,35+/m1/s1. The maximum absolute atomic E-state index is 14.4. The van der Waals surface area contributed by atoms with Gasteiger partial charge in [-0.15, -0.1) is 0 Å². The van der Waals surface area contributed by atoms with Crippen molar-refractivity contribution in [3.05, 3.63) is 136 Å². The van der Waals surface area contributed by atoms with E-state index in [1.807, 2.05) is 54.6 Å². The van der Waals surface area contributed by atoms with Gasteiger partial charge in [0.2, 0.25) is 11.7 Å². The molecule has 0 saturated carbocycles. The summed E-state index contributed by atoms with van der Waals surface area (Å²) in [5, 5.41) is 11.7. The number of nitrogens with two attached hydrogens (primary N) is 1. The fraction of sp³-hybridized carbons (Fsp3) is 0.293. The molecular weight excluding hydrogens is 678 g/mol. The fourth-order valence-electron chi connectivity index (χ4n) is 6.75. The van der Waals surface area contributed by atoms with Gasteiger partial charge in [0.1, 0.15) is 11.4 Å². The van der Waals surface area contributed by atoms with Crippen molar-refractivity contribution in [2.24, 2.45) is 11.7 Å². The van der Waals surface area contributed by atoms with E-state index in [4.69, 9.17) is 31.9 Å². The summed E-state index contributed by atoms with van der Waals surface area (Å²) in [5.74, 6) is -1.89. The van der Waals surface area contributed by atoms with Gasteiger partial charge in [0.15, 0.2) is 11.4 Å². The number of nitrogen functional groups attached to an aromatic ring is 1. The van der Waals surface area contributed by atoms with E-state index in [0.29, 0.717) is 41.1 Å². The molecule has 11 heteroatoms. The van der Waals surface area contributed by atoms with Crippen LogP contribution < -0.4 is 11.1 Å². The molecule has 4 aromatic carbocycles. The number of likely N-dealkylation sites (tertiary alicyclic amines) is 1. The Labute approximate surface area is 307 Å². The van der Waals surface area contributed by atoms with E-state index >= 15 is 0 Å². The molecule has 4 atom stereocenters. The quantitative estimate of drug-likeness (QED) is 0.0622. The lowest BCUT2D eigenvalue weighted by Crippen LogP contribution is -2.50. The number of nitrogens with one attached hydrogen (secondary N) is 2. The molecule has 1 saturated heterocycles.